The zero-order valence-corrected chi connectivity index (χ0v) is 85.5. The topological polar surface area (TPSA) is 437 Å². The molecule has 840 valence electrons. The molecule has 55 heteroatoms. The minimum absolute atomic E-state index is 0.0113. The van der Waals surface area contributed by atoms with Gasteiger partial charge in [-0.1, -0.05) is 24.3 Å². The molecule has 15 rings (SSSR count). The van der Waals surface area contributed by atoms with Crippen LogP contribution in [0, 0.1) is 0 Å². The summed E-state index contributed by atoms with van der Waals surface area (Å²) in [6.45, 7) is 49.9. The molecule has 14 fully saturated rings. The fraction of sp³-hybridized carbons (Fsp3) is 0.933. The Hall–Kier alpha value is -2.98. The molecule has 14 saturated heterocycles. The van der Waals surface area contributed by atoms with Crippen molar-refractivity contribution < 1.29 is 163 Å². The van der Waals surface area contributed by atoms with Crippen LogP contribution < -0.4 is 0 Å². The summed E-state index contributed by atoms with van der Waals surface area (Å²) >= 11 is 0. The molecule has 14 heterocycles. The third-order valence-corrected chi connectivity index (χ3v) is 24.4. The van der Waals surface area contributed by atoms with Crippen molar-refractivity contribution in [2.75, 3.05) is 514 Å². The summed E-state index contributed by atoms with van der Waals surface area (Å²) in [6.07, 6.45) is 4.36. The van der Waals surface area contributed by atoms with Crippen LogP contribution in [-0.2, 0) is 150 Å². The quantitative estimate of drug-likeness (QED) is 0.0302. The molecule has 0 unspecified atom stereocenters. The molecule has 0 spiro atoms. The molecule has 0 radical (unpaired) electrons. The Kier molecular flexibility index (Phi) is 69.7. The number of hydrogen-bond donors (Lipinski definition) is 5. The van der Waals surface area contributed by atoms with Gasteiger partial charge in [-0.3, -0.25) is 93.1 Å². The molecule has 1 aromatic rings. The van der Waals surface area contributed by atoms with Crippen molar-refractivity contribution in [1.29, 1.82) is 0 Å². The van der Waals surface area contributed by atoms with Crippen molar-refractivity contribution in [2.24, 2.45) is 0 Å². The molecule has 144 heavy (non-hydrogen) atoms. The van der Waals surface area contributed by atoms with Gasteiger partial charge in [0.05, 0.1) is 33.5 Å². The van der Waals surface area contributed by atoms with Crippen LogP contribution in [0.3, 0.4) is 0 Å². The van der Waals surface area contributed by atoms with Gasteiger partial charge < -0.3 is 173 Å². The molecular weight excluding hydrogens is 1910 g/mol. The molecule has 0 aliphatic carbocycles. The van der Waals surface area contributed by atoms with Gasteiger partial charge in [0.1, 0.15) is 290 Å². The number of aliphatic hydroxyl groups is 5. The van der Waals surface area contributed by atoms with Gasteiger partial charge >= 0.3 is 0 Å². The molecule has 5 N–H and O–H groups in total. The van der Waals surface area contributed by atoms with Crippen LogP contribution in [0.2, 0.25) is 0 Å². The largest absolute Gasteiger partial charge is 0.381 e. The summed E-state index contributed by atoms with van der Waals surface area (Å²) in [4.78, 5) is 45.1. The molecule has 55 nitrogen and oxygen atoms in total. The minimum Gasteiger partial charge on any atom is -0.381 e. The summed E-state index contributed by atoms with van der Waals surface area (Å²) in [5.41, 5.74) is 2.52. The summed E-state index contributed by atoms with van der Waals surface area (Å²) in [7, 11) is 0. The summed E-state index contributed by atoms with van der Waals surface area (Å²) in [5, 5.41) is 45.9. The minimum atomic E-state index is -0.285. The molecule has 0 amide bonds. The maximum Gasteiger partial charge on any atom is 0.150 e. The first kappa shape index (κ1) is 123. The maximum absolute atomic E-state index is 9.50. The lowest BCUT2D eigenvalue weighted by Crippen LogP contribution is -2.47. The second kappa shape index (κ2) is 81.7. The van der Waals surface area contributed by atoms with Gasteiger partial charge in [-0.2, -0.15) is 0 Å². The van der Waals surface area contributed by atoms with Crippen LogP contribution in [0.25, 0.3) is 0 Å². The van der Waals surface area contributed by atoms with E-state index in [1.807, 2.05) is 34.3 Å². The van der Waals surface area contributed by atoms with E-state index in [1.165, 1.54) is 11.1 Å². The van der Waals surface area contributed by atoms with Crippen molar-refractivity contribution in [3.63, 3.8) is 0 Å². The number of rotatable bonds is 58. The highest BCUT2D eigenvalue weighted by Crippen LogP contribution is 2.17. The van der Waals surface area contributed by atoms with E-state index >= 15 is 0 Å². The number of benzene rings is 1. The average molecular weight is 2080 g/mol. The molecule has 14 aliphatic rings. The molecule has 0 atom stereocenters. The lowest BCUT2D eigenvalue weighted by atomic mass is 10.1. The highest BCUT2D eigenvalue weighted by molar-refractivity contribution is 5.22. The maximum atomic E-state index is 9.50. The molecule has 0 bridgehead atoms. The fourth-order valence-corrected chi connectivity index (χ4v) is 16.2. The Morgan fingerprint density at radius 3 is 0.500 bits per heavy atom. The molecule has 0 saturated carbocycles. The second-order valence-electron chi connectivity index (χ2n) is 36.2. The van der Waals surface area contributed by atoms with Crippen molar-refractivity contribution in [3.8, 4) is 0 Å². The first-order valence-electron chi connectivity index (χ1n) is 50.3. The molecular formula is C89H175N21O34. The normalized spacial score (nSPS) is 22.3. The predicted molar refractivity (Wildman–Crippen MR) is 508 cm³/mol. The fourth-order valence-electron chi connectivity index (χ4n) is 16.2. The smallest absolute Gasteiger partial charge is 0.150 e. The number of ether oxygens (including phenoxy) is 29. The van der Waals surface area contributed by atoms with Gasteiger partial charge in [0.25, 0.3) is 0 Å². The number of nitrogens with zero attached hydrogens (tertiary/aromatic N) is 21. The summed E-state index contributed by atoms with van der Waals surface area (Å²) < 4.78 is 153. The highest BCUT2D eigenvalue weighted by atomic mass is 16.7. The first-order chi connectivity index (χ1) is 71.2. The Labute approximate surface area is 850 Å². The molecule has 14 aliphatic heterocycles. The third kappa shape index (κ3) is 57.8. The Morgan fingerprint density at radius 2 is 0.319 bits per heavy atom. The van der Waals surface area contributed by atoms with Gasteiger partial charge in [-0.25, -0.2) is 0 Å². The van der Waals surface area contributed by atoms with Crippen molar-refractivity contribution in [2.45, 2.75) is 38.8 Å². The van der Waals surface area contributed by atoms with Gasteiger partial charge in [-0.15, -0.1) is 0 Å². The van der Waals surface area contributed by atoms with Crippen LogP contribution in [0.4, 0.5) is 0 Å². The molecule has 0 aromatic heterocycles. The second-order valence-corrected chi connectivity index (χ2v) is 36.2. The van der Waals surface area contributed by atoms with Gasteiger partial charge in [0, 0.05) is 177 Å². The zero-order valence-electron chi connectivity index (χ0n) is 85.5. The number of hydrogen-bond acceptors (Lipinski definition) is 55. The van der Waals surface area contributed by atoms with E-state index in [1.54, 1.807) is 0 Å². The van der Waals surface area contributed by atoms with Crippen LogP contribution >= 0.6 is 0 Å². The Bertz CT molecular complexity index is 2830. The Morgan fingerprint density at radius 1 is 0.174 bits per heavy atom. The summed E-state index contributed by atoms with van der Waals surface area (Å²) in [6, 6.07) is 8.59. The number of aliphatic hydroxyl groups excluding tert-OH is 5. The van der Waals surface area contributed by atoms with E-state index in [-0.39, 0.29) is 33.7 Å². The van der Waals surface area contributed by atoms with E-state index in [4.69, 9.17) is 148 Å². The van der Waals surface area contributed by atoms with E-state index in [0.29, 0.717) is 316 Å². The van der Waals surface area contributed by atoms with Crippen LogP contribution in [0.5, 0.6) is 0 Å². The van der Waals surface area contributed by atoms with Crippen LogP contribution in [0.15, 0.2) is 24.3 Å². The van der Waals surface area contributed by atoms with Crippen LogP contribution in [-0.4, -0.2) is 642 Å². The van der Waals surface area contributed by atoms with Gasteiger partial charge in [-0.05, 0) is 63.0 Å². The summed E-state index contributed by atoms with van der Waals surface area (Å²) in [5.74, 6) is 0. The van der Waals surface area contributed by atoms with Crippen molar-refractivity contribution >= 4 is 0 Å². The van der Waals surface area contributed by atoms with E-state index in [9.17, 15) is 15.3 Å². The van der Waals surface area contributed by atoms with E-state index < -0.39 is 0 Å². The highest BCUT2D eigenvalue weighted by Gasteiger charge is 2.26. The standard InChI is InChI=1S/C26H52N6O8.C15H30N4O6.C14H30N4O6.C14H20N2O4.C11H23N3O5.C9H20N2O5/c1(9-29-15-33-23-34-16-29)5-27(6-2-10-30-17-35-24-36-18-30)13-14-28(7-3-11-31-19-37-25-38-20-31)8-4-12-32-21-39-26-40-22-32;1(4-17-7-20-13-21-8-17)16(2-5-18-9-22-14-23-10-18)3-6-19-11-24-15-25-12-19;19-7-15(3-5-17-9-21-13-22-10-17)1-2-16(8-20)4-6-18-11-23-14-24-12-18;1-2-14(6-16-9-19-12-20-10-16)4-3-13(1)5-15-7-17-11-18-8-15;15-5-12(1-3-13-6-16-10-17-7-13)2-4-14-8-18-11-19-9-14;12-5-10(3-4-14-8-13)1-2-11-6-15-9-16-7-11/h1-26H2;1-15H2;19-20H,1-14H2;1-4H,5-12H2;15H,1-11H2;12-13H,1-9H2. The first-order valence-corrected chi connectivity index (χ1v) is 50.3. The zero-order chi connectivity index (χ0) is 100. The lowest BCUT2D eigenvalue weighted by Gasteiger charge is -2.33. The van der Waals surface area contributed by atoms with E-state index in [0.717, 1.165) is 202 Å². The van der Waals surface area contributed by atoms with Gasteiger partial charge in [0.2, 0.25) is 0 Å². The Balaban J connectivity index is 0.000000182. The average Bonchev–Trinajstić information content (AvgIpc) is 0.871. The monoisotopic (exact) mass is 2080 g/mol. The van der Waals surface area contributed by atoms with E-state index in [2.05, 4.69) is 92.9 Å². The third-order valence-electron chi connectivity index (χ3n) is 24.4. The predicted octanol–water partition coefficient (Wildman–Crippen LogP) is -4.84. The van der Waals surface area contributed by atoms with Crippen LogP contribution in [0.1, 0.15) is 36.8 Å². The molecule has 1 aromatic carbocycles. The lowest BCUT2D eigenvalue weighted by molar-refractivity contribution is -0.188. The van der Waals surface area contributed by atoms with Crippen molar-refractivity contribution in [3.05, 3.63) is 35.4 Å². The van der Waals surface area contributed by atoms with Gasteiger partial charge in [0.15, 0.2) is 0 Å². The van der Waals surface area contributed by atoms with Crippen molar-refractivity contribution in [1.82, 2.24) is 103 Å². The SMILES string of the molecule is C(CN(CCCN1COCOC1)CCN(CCCN1COCOC1)CCCN1COCOC1)CN1COCOC1.C1OCN(CCN(CCN2COCOC2)CCN2COCOC2)CO1.OCN(CCN(CO)CCN1COCOC1)CCN1COCOC1.OCN(CCN1COCOC1)CCN1COCOC1.OCOCCN(CO)CCN1COCOC1.c1cc(CN2COCOC2)ccc1CN1COCOC1.